The lowest BCUT2D eigenvalue weighted by Crippen LogP contribution is -2.13. The maximum atomic E-state index is 12.6. The lowest BCUT2D eigenvalue weighted by molar-refractivity contribution is 0.0973. The van der Waals surface area contributed by atoms with Crippen LogP contribution in [0, 0.1) is 0 Å². The van der Waals surface area contributed by atoms with Gasteiger partial charge in [0, 0.05) is 12.4 Å². The maximum Gasteiger partial charge on any atom is 0.315 e. The number of carbonyl (C=O) groups excluding carboxylic acids is 1. The van der Waals surface area contributed by atoms with Crippen LogP contribution in [0.4, 0.5) is 0 Å². The van der Waals surface area contributed by atoms with E-state index in [9.17, 15) is 4.79 Å². The summed E-state index contributed by atoms with van der Waals surface area (Å²) in [5.41, 5.74) is 1.39. The van der Waals surface area contributed by atoms with Crippen LogP contribution >= 0.6 is 22.9 Å². The summed E-state index contributed by atoms with van der Waals surface area (Å²) in [7, 11) is 3.39. The number of carbonyl (C=O) groups is 1. The lowest BCUT2D eigenvalue weighted by Gasteiger charge is -1.98. The monoisotopic (exact) mass is 372 g/mol. The van der Waals surface area contributed by atoms with Crippen molar-refractivity contribution in [2.45, 2.75) is 0 Å². The third kappa shape index (κ3) is 2.63. The molecule has 0 bridgehead atoms. The van der Waals surface area contributed by atoms with Crippen molar-refractivity contribution >= 4 is 50.0 Å². The first-order valence-corrected chi connectivity index (χ1v) is 8.67. The van der Waals surface area contributed by atoms with Gasteiger partial charge in [0.25, 0.3) is 0 Å². The van der Waals surface area contributed by atoms with Crippen LogP contribution in [-0.4, -0.2) is 17.6 Å². The van der Waals surface area contributed by atoms with E-state index in [-0.39, 0.29) is 5.76 Å². The van der Waals surface area contributed by atoms with E-state index in [0.29, 0.717) is 21.2 Å². The molecule has 0 N–H and O–H groups in total. The predicted molar refractivity (Wildman–Crippen MR) is 98.5 cm³/mol. The molecule has 4 rings (SSSR count). The van der Waals surface area contributed by atoms with Crippen LogP contribution in [0.3, 0.4) is 0 Å². The van der Waals surface area contributed by atoms with Crippen LogP contribution in [0.1, 0.15) is 10.6 Å². The molecule has 126 valence electrons. The van der Waals surface area contributed by atoms with Crippen molar-refractivity contribution in [2.75, 3.05) is 7.11 Å². The number of hydrogen-bond donors (Lipinski definition) is 0. The van der Waals surface area contributed by atoms with Crippen molar-refractivity contribution in [2.24, 2.45) is 12.0 Å². The minimum atomic E-state index is -0.448. The van der Waals surface area contributed by atoms with Gasteiger partial charge in [-0.25, -0.2) is 0 Å². The Kier molecular flexibility index (Phi) is 3.86. The zero-order valence-electron chi connectivity index (χ0n) is 13.4. The van der Waals surface area contributed by atoms with Crippen molar-refractivity contribution in [1.82, 2.24) is 4.57 Å². The van der Waals surface area contributed by atoms with Crippen LogP contribution < -0.4 is 9.54 Å². The number of nitrogens with zero attached hydrogens (tertiary/aromatic N) is 2. The predicted octanol–water partition coefficient (Wildman–Crippen LogP) is 4.39. The maximum absolute atomic E-state index is 12.6. The minimum absolute atomic E-state index is 0.169. The summed E-state index contributed by atoms with van der Waals surface area (Å²) in [5.74, 6) is 0.301. The number of ether oxygens (including phenoxy) is 1. The summed E-state index contributed by atoms with van der Waals surface area (Å²) in [4.78, 5) is 17.3. The number of aryl methyl sites for hydroxylation is 1. The van der Waals surface area contributed by atoms with E-state index >= 15 is 0 Å². The highest BCUT2D eigenvalue weighted by Crippen LogP contribution is 2.29. The Morgan fingerprint density at radius 3 is 2.84 bits per heavy atom. The summed E-state index contributed by atoms with van der Waals surface area (Å²) in [6.07, 6.45) is 0. The van der Waals surface area contributed by atoms with Gasteiger partial charge >= 0.3 is 5.91 Å². The Bertz CT molecular complexity index is 1190. The molecule has 2 heterocycles. The van der Waals surface area contributed by atoms with E-state index in [2.05, 4.69) is 4.99 Å². The first kappa shape index (κ1) is 15.9. The van der Waals surface area contributed by atoms with Gasteiger partial charge in [-0.2, -0.15) is 4.99 Å². The molecule has 1 amide bonds. The van der Waals surface area contributed by atoms with Crippen molar-refractivity contribution in [3.8, 4) is 5.75 Å². The van der Waals surface area contributed by atoms with Gasteiger partial charge in [-0.3, -0.25) is 4.79 Å². The molecule has 0 fully saturated rings. The summed E-state index contributed by atoms with van der Waals surface area (Å²) in [5, 5.41) is 1.42. The fourth-order valence-corrected chi connectivity index (χ4v) is 4.11. The van der Waals surface area contributed by atoms with Crippen LogP contribution in [0.2, 0.25) is 5.02 Å². The number of furan rings is 1. The number of thiazole rings is 1. The molecule has 0 aliphatic carbocycles. The molecule has 0 saturated heterocycles. The number of amides is 1. The van der Waals surface area contributed by atoms with Gasteiger partial charge in [0.1, 0.15) is 0 Å². The largest absolute Gasteiger partial charge is 0.493 e. The van der Waals surface area contributed by atoms with Crippen LogP contribution in [0.15, 0.2) is 51.9 Å². The Morgan fingerprint density at radius 1 is 1.28 bits per heavy atom. The quantitative estimate of drug-likeness (QED) is 0.524. The third-order valence-electron chi connectivity index (χ3n) is 3.91. The Morgan fingerprint density at radius 2 is 2.08 bits per heavy atom. The third-order valence-corrected chi connectivity index (χ3v) is 5.31. The van der Waals surface area contributed by atoms with E-state index in [1.165, 1.54) is 11.3 Å². The van der Waals surface area contributed by atoms with Crippen molar-refractivity contribution in [1.29, 1.82) is 0 Å². The molecule has 25 heavy (non-hydrogen) atoms. The number of methoxy groups -OCH3 is 1. The SMILES string of the molecule is COc1cccc2cc(C(=O)N=c3sc4cccc(Cl)c4n3C)oc12. The number of rotatable bonds is 2. The van der Waals surface area contributed by atoms with E-state index in [1.54, 1.807) is 19.2 Å². The van der Waals surface area contributed by atoms with Crippen molar-refractivity contribution < 1.29 is 13.9 Å². The highest BCUT2D eigenvalue weighted by molar-refractivity contribution is 7.16. The molecule has 2 aromatic carbocycles. The van der Waals surface area contributed by atoms with Crippen molar-refractivity contribution in [3.05, 3.63) is 58.0 Å². The van der Waals surface area contributed by atoms with Gasteiger partial charge in [-0.15, -0.1) is 0 Å². The number of hydrogen-bond acceptors (Lipinski definition) is 4. The molecule has 7 heteroatoms. The summed E-state index contributed by atoms with van der Waals surface area (Å²) < 4.78 is 13.7. The second kappa shape index (κ2) is 6.06. The van der Waals surface area contributed by atoms with Gasteiger partial charge in [-0.05, 0) is 24.3 Å². The first-order chi connectivity index (χ1) is 12.1. The minimum Gasteiger partial charge on any atom is -0.493 e. The lowest BCUT2D eigenvalue weighted by atomic mass is 10.2. The Balaban J connectivity index is 1.83. The van der Waals surface area contributed by atoms with Gasteiger partial charge in [0.15, 0.2) is 21.9 Å². The Hall–Kier alpha value is -2.57. The summed E-state index contributed by atoms with van der Waals surface area (Å²) >= 11 is 7.64. The molecular weight excluding hydrogens is 360 g/mol. The zero-order chi connectivity index (χ0) is 17.6. The molecule has 0 spiro atoms. The fourth-order valence-electron chi connectivity index (χ4n) is 2.71. The molecule has 0 aliphatic rings. The molecule has 0 aliphatic heterocycles. The highest BCUT2D eigenvalue weighted by atomic mass is 35.5. The topological polar surface area (TPSA) is 56.7 Å². The average molecular weight is 373 g/mol. The highest BCUT2D eigenvalue weighted by Gasteiger charge is 2.15. The summed E-state index contributed by atoms with van der Waals surface area (Å²) in [6, 6.07) is 12.8. The van der Waals surface area contributed by atoms with Gasteiger partial charge in [-0.1, -0.05) is 41.1 Å². The molecule has 0 unspecified atom stereocenters. The standard InChI is InChI=1S/C18H13ClN2O3S/c1-21-15-11(19)6-4-8-14(15)25-18(21)20-17(22)13-9-10-5-3-7-12(23-2)16(10)24-13/h3-9H,1-2H3. The molecule has 0 radical (unpaired) electrons. The number of fused-ring (bicyclic) bond motifs is 2. The summed E-state index contributed by atoms with van der Waals surface area (Å²) in [6.45, 7) is 0. The number of benzene rings is 2. The first-order valence-electron chi connectivity index (χ1n) is 7.48. The molecule has 0 saturated carbocycles. The molecule has 5 nitrogen and oxygen atoms in total. The molecule has 2 aromatic heterocycles. The van der Waals surface area contributed by atoms with E-state index in [4.69, 9.17) is 20.8 Å². The normalized spacial score (nSPS) is 12.2. The number of halogens is 1. The molecular formula is C18H13ClN2O3S. The second-order valence-electron chi connectivity index (χ2n) is 5.44. The van der Waals surface area contributed by atoms with Crippen molar-refractivity contribution in [3.63, 3.8) is 0 Å². The zero-order valence-corrected chi connectivity index (χ0v) is 15.0. The fraction of sp³-hybridized carbons (Fsp3) is 0.111. The van der Waals surface area contributed by atoms with Gasteiger partial charge in [0.2, 0.25) is 0 Å². The Labute approximate surface area is 151 Å². The van der Waals surface area contributed by atoms with Gasteiger partial charge < -0.3 is 13.7 Å². The number of aromatic nitrogens is 1. The number of para-hydroxylation sites is 2. The van der Waals surface area contributed by atoms with E-state index < -0.39 is 5.91 Å². The van der Waals surface area contributed by atoms with Crippen LogP contribution in [0.5, 0.6) is 5.75 Å². The smallest absolute Gasteiger partial charge is 0.315 e. The van der Waals surface area contributed by atoms with Gasteiger partial charge in [0.05, 0.1) is 22.3 Å². The average Bonchev–Trinajstić information content (AvgIpc) is 3.17. The van der Waals surface area contributed by atoms with E-state index in [1.807, 2.05) is 41.9 Å². The van der Waals surface area contributed by atoms with Crippen LogP contribution in [-0.2, 0) is 7.05 Å². The molecule has 0 atom stereocenters. The molecule has 4 aromatic rings. The van der Waals surface area contributed by atoms with E-state index in [0.717, 1.165) is 15.6 Å². The second-order valence-corrected chi connectivity index (χ2v) is 6.85. The van der Waals surface area contributed by atoms with Crippen LogP contribution in [0.25, 0.3) is 21.2 Å².